The van der Waals surface area contributed by atoms with Crippen molar-refractivity contribution < 1.29 is 23.8 Å². The van der Waals surface area contributed by atoms with Gasteiger partial charge in [-0.2, -0.15) is 0 Å². The minimum atomic E-state index is -1.59. The quantitative estimate of drug-likeness (QED) is 0.641. The summed E-state index contributed by atoms with van der Waals surface area (Å²) in [7, 11) is 0. The van der Waals surface area contributed by atoms with Gasteiger partial charge in [0.05, 0.1) is 12.0 Å². The normalized spacial score (nSPS) is 14.0. The largest absolute Gasteiger partial charge is 0.493 e. The molecule has 0 unspecified atom stereocenters. The zero-order valence-electron chi connectivity index (χ0n) is 16.2. The fourth-order valence-electron chi connectivity index (χ4n) is 3.57. The molecule has 2 aromatic carbocycles. The van der Waals surface area contributed by atoms with E-state index in [1.165, 1.54) is 18.2 Å². The minimum absolute atomic E-state index is 0.121. The number of aliphatic carboxylic acids is 1. The van der Waals surface area contributed by atoms with Crippen molar-refractivity contribution in [3.8, 4) is 5.75 Å². The molecule has 1 amide bonds. The molecule has 0 fully saturated rings. The Kier molecular flexibility index (Phi) is 5.10. The Bertz CT molecular complexity index is 1250. The predicted octanol–water partition coefficient (Wildman–Crippen LogP) is 3.70. The summed E-state index contributed by atoms with van der Waals surface area (Å²) in [5, 5.41) is 11.4. The Morgan fingerprint density at radius 2 is 2.00 bits per heavy atom. The van der Waals surface area contributed by atoms with Gasteiger partial charge in [-0.25, -0.2) is 4.79 Å². The summed E-state index contributed by atoms with van der Waals surface area (Å²) in [6.45, 7) is 2.46. The number of anilines is 1. The van der Waals surface area contributed by atoms with Gasteiger partial charge >= 0.3 is 11.9 Å². The first-order chi connectivity index (χ1) is 14.5. The molecule has 7 nitrogen and oxygen atoms in total. The van der Waals surface area contributed by atoms with Gasteiger partial charge in [0, 0.05) is 22.9 Å². The van der Waals surface area contributed by atoms with Gasteiger partial charge in [-0.1, -0.05) is 18.2 Å². The van der Waals surface area contributed by atoms with Crippen molar-refractivity contribution in [1.29, 1.82) is 0 Å². The van der Waals surface area contributed by atoms with E-state index in [0.29, 0.717) is 36.2 Å². The van der Waals surface area contributed by atoms with Crippen molar-refractivity contribution in [2.24, 2.45) is 0 Å². The molecule has 4 rings (SSSR count). The summed E-state index contributed by atoms with van der Waals surface area (Å²) < 4.78 is 11.7. The Labute approximate surface area is 171 Å². The van der Waals surface area contributed by atoms with E-state index in [1.54, 1.807) is 0 Å². The molecular formula is C23H19NO6. The summed E-state index contributed by atoms with van der Waals surface area (Å²) >= 11 is 0. The van der Waals surface area contributed by atoms with E-state index in [4.69, 9.17) is 14.3 Å². The summed E-state index contributed by atoms with van der Waals surface area (Å²) in [6.07, 6.45) is 3.20. The second kappa shape index (κ2) is 7.87. The Morgan fingerprint density at radius 1 is 1.20 bits per heavy atom. The van der Waals surface area contributed by atoms with Crippen LogP contribution < -0.4 is 15.5 Å². The minimum Gasteiger partial charge on any atom is -0.493 e. The van der Waals surface area contributed by atoms with Crippen LogP contribution in [0.2, 0.25) is 0 Å². The highest BCUT2D eigenvalue weighted by atomic mass is 16.5. The maximum absolute atomic E-state index is 12.9. The monoisotopic (exact) mass is 405 g/mol. The molecule has 1 aromatic heterocycles. The molecule has 0 bridgehead atoms. The number of nitrogens with one attached hydrogen (secondary N) is 1. The predicted molar refractivity (Wildman–Crippen MR) is 113 cm³/mol. The average molecular weight is 405 g/mol. The lowest BCUT2D eigenvalue weighted by Gasteiger charge is -2.09. The molecule has 0 spiro atoms. The zero-order valence-corrected chi connectivity index (χ0v) is 16.2. The molecule has 0 aliphatic heterocycles. The molecule has 152 valence electrons. The topological polar surface area (TPSA) is 106 Å². The van der Waals surface area contributed by atoms with Gasteiger partial charge in [-0.05, 0) is 49.6 Å². The van der Waals surface area contributed by atoms with E-state index < -0.39 is 11.9 Å². The molecule has 3 aromatic rings. The van der Waals surface area contributed by atoms with E-state index in [2.05, 4.69) is 5.32 Å². The summed E-state index contributed by atoms with van der Waals surface area (Å²) in [5.74, 6) is -1.49. The van der Waals surface area contributed by atoms with E-state index in [9.17, 15) is 14.4 Å². The second-order valence-electron chi connectivity index (χ2n) is 6.85. The van der Waals surface area contributed by atoms with E-state index in [1.807, 2.05) is 37.3 Å². The average Bonchev–Trinajstić information content (AvgIpc) is 3.12. The van der Waals surface area contributed by atoms with Crippen molar-refractivity contribution in [3.63, 3.8) is 0 Å². The molecule has 1 heterocycles. The van der Waals surface area contributed by atoms with Crippen molar-refractivity contribution in [2.45, 2.75) is 19.8 Å². The number of para-hydroxylation sites is 1. The number of rotatable bonds is 4. The van der Waals surface area contributed by atoms with Gasteiger partial charge in [-0.15, -0.1) is 0 Å². The number of fused-ring (bicyclic) bond motifs is 2. The molecule has 30 heavy (non-hydrogen) atoms. The van der Waals surface area contributed by atoms with Crippen LogP contribution >= 0.6 is 0 Å². The van der Waals surface area contributed by atoms with Crippen LogP contribution in [0.15, 0.2) is 51.7 Å². The molecule has 0 atom stereocenters. The molecule has 0 saturated heterocycles. The first-order valence-electron chi connectivity index (χ1n) is 9.54. The van der Waals surface area contributed by atoms with Crippen LogP contribution in [-0.4, -0.2) is 23.6 Å². The van der Waals surface area contributed by atoms with Crippen LogP contribution in [-0.2, 0) is 16.0 Å². The number of carbonyl (C=O) groups excluding carboxylic acids is 1. The van der Waals surface area contributed by atoms with Crippen LogP contribution in [0.3, 0.4) is 0 Å². The summed E-state index contributed by atoms with van der Waals surface area (Å²) in [5.41, 5.74) is 2.80. The lowest BCUT2D eigenvalue weighted by Crippen LogP contribution is -2.21. The smallest absolute Gasteiger partial charge is 0.394 e. The van der Waals surface area contributed by atoms with Gasteiger partial charge in [0.25, 0.3) is 0 Å². The SMILES string of the molecule is CCOc1ccccc1C=C1CCc2c1oc1cc(NC(=O)C(=O)O)ccc1c2=O. The van der Waals surface area contributed by atoms with Crippen LogP contribution in [0.4, 0.5) is 5.69 Å². The third-order valence-electron chi connectivity index (χ3n) is 4.92. The van der Waals surface area contributed by atoms with Crippen LogP contribution in [0.5, 0.6) is 5.75 Å². The molecule has 1 aliphatic rings. The zero-order chi connectivity index (χ0) is 21.3. The molecular weight excluding hydrogens is 386 g/mol. The van der Waals surface area contributed by atoms with Gasteiger partial charge in [0.2, 0.25) is 0 Å². The second-order valence-corrected chi connectivity index (χ2v) is 6.85. The molecule has 7 heteroatoms. The first kappa shape index (κ1) is 19.4. The number of carboxylic acid groups (broad SMARTS) is 1. The Balaban J connectivity index is 1.79. The van der Waals surface area contributed by atoms with Crippen molar-refractivity contribution in [1.82, 2.24) is 0 Å². The highest BCUT2D eigenvalue weighted by Gasteiger charge is 2.24. The van der Waals surface area contributed by atoms with Crippen molar-refractivity contribution in [3.05, 3.63) is 69.6 Å². The standard InChI is InChI=1S/C23H19NO6/c1-2-29-18-6-4-3-5-13(18)11-14-7-9-17-20(25)16-10-8-15(24-22(26)23(27)28)12-19(16)30-21(14)17/h3-6,8,10-12H,2,7,9H2,1H3,(H,24,26)(H,27,28). The highest BCUT2D eigenvalue weighted by molar-refractivity contribution is 6.36. The van der Waals surface area contributed by atoms with Gasteiger partial charge < -0.3 is 19.6 Å². The van der Waals surface area contributed by atoms with Crippen LogP contribution in [0.25, 0.3) is 22.6 Å². The molecule has 1 aliphatic carbocycles. The molecule has 0 radical (unpaired) electrons. The lowest BCUT2D eigenvalue weighted by atomic mass is 10.1. The third-order valence-corrected chi connectivity index (χ3v) is 4.92. The van der Waals surface area contributed by atoms with Gasteiger partial charge in [0.15, 0.2) is 5.43 Å². The molecule has 0 saturated carbocycles. The highest BCUT2D eigenvalue weighted by Crippen LogP contribution is 2.36. The number of ether oxygens (including phenoxy) is 1. The Morgan fingerprint density at radius 3 is 2.77 bits per heavy atom. The number of allylic oxidation sites excluding steroid dienone is 1. The van der Waals surface area contributed by atoms with Crippen molar-refractivity contribution >= 4 is 40.2 Å². The number of hydrogen-bond donors (Lipinski definition) is 2. The number of carbonyl (C=O) groups is 2. The lowest BCUT2D eigenvalue weighted by molar-refractivity contribution is -0.147. The summed E-state index contributed by atoms with van der Waals surface area (Å²) in [6, 6.07) is 12.1. The first-order valence-corrected chi connectivity index (χ1v) is 9.54. The maximum atomic E-state index is 12.9. The Hall–Kier alpha value is -3.87. The van der Waals surface area contributed by atoms with Gasteiger partial charge in [-0.3, -0.25) is 9.59 Å². The van der Waals surface area contributed by atoms with Crippen molar-refractivity contribution in [2.75, 3.05) is 11.9 Å². The number of hydrogen-bond acceptors (Lipinski definition) is 5. The molecule has 2 N–H and O–H groups in total. The fourth-order valence-corrected chi connectivity index (χ4v) is 3.57. The van der Waals surface area contributed by atoms with Crippen LogP contribution in [0, 0.1) is 0 Å². The number of benzene rings is 2. The van der Waals surface area contributed by atoms with E-state index in [-0.39, 0.29) is 16.7 Å². The fraction of sp³-hybridized carbons (Fsp3) is 0.174. The maximum Gasteiger partial charge on any atom is 0.394 e. The number of carboxylic acids is 1. The van der Waals surface area contributed by atoms with Gasteiger partial charge in [0.1, 0.15) is 17.1 Å². The van der Waals surface area contributed by atoms with Crippen LogP contribution in [0.1, 0.15) is 30.2 Å². The number of amides is 1. The van der Waals surface area contributed by atoms with E-state index >= 15 is 0 Å². The van der Waals surface area contributed by atoms with E-state index in [0.717, 1.165) is 16.9 Å². The summed E-state index contributed by atoms with van der Waals surface area (Å²) in [4.78, 5) is 35.1. The third kappa shape index (κ3) is 3.57.